The Kier molecular flexibility index (Phi) is 4.82. The molecule has 1 atom stereocenters. The van der Waals surface area contributed by atoms with Crippen LogP contribution in [0.4, 0.5) is 0 Å². The van der Waals surface area contributed by atoms with Crippen LogP contribution in [-0.4, -0.2) is 52.8 Å². The minimum absolute atomic E-state index is 0.0577. The number of halogens is 1. The molecule has 1 amide bonds. The lowest BCUT2D eigenvalue weighted by Crippen LogP contribution is -2.49. The predicted octanol–water partition coefficient (Wildman–Crippen LogP) is 2.31. The minimum atomic E-state index is -0.986. The number of carbonyl (C=O) groups excluding carboxylic acids is 1. The number of amides is 1. The smallest absolute Gasteiger partial charge is 0.305 e. The average Bonchev–Trinajstić information content (AvgIpc) is 3.04. The van der Waals surface area contributed by atoms with Crippen molar-refractivity contribution in [1.82, 2.24) is 10.1 Å². The Balaban J connectivity index is 1.80. The third kappa shape index (κ3) is 3.58. The molecule has 0 bridgehead atoms. The Morgan fingerprint density at radius 2 is 2.21 bits per heavy atom. The van der Waals surface area contributed by atoms with E-state index in [1.807, 2.05) is 0 Å². The molecule has 1 aromatic carbocycles. The van der Waals surface area contributed by atoms with Gasteiger partial charge in [-0.2, -0.15) is 0 Å². The van der Waals surface area contributed by atoms with Crippen molar-refractivity contribution in [3.05, 3.63) is 41.1 Å². The molecular weight excluding hydrogens is 336 g/mol. The number of carbonyl (C=O) groups is 2. The third-order valence-corrected chi connectivity index (χ3v) is 3.98. The van der Waals surface area contributed by atoms with Crippen molar-refractivity contribution >= 4 is 23.5 Å². The van der Waals surface area contributed by atoms with Crippen molar-refractivity contribution in [2.45, 2.75) is 12.5 Å². The van der Waals surface area contributed by atoms with E-state index in [4.69, 9.17) is 26.0 Å². The first-order valence-corrected chi connectivity index (χ1v) is 7.75. The van der Waals surface area contributed by atoms with Gasteiger partial charge in [0.25, 0.3) is 5.91 Å². The number of nitrogens with zero attached hydrogens (tertiary/aromatic N) is 2. The number of hydrogen-bond acceptors (Lipinski definition) is 5. The summed E-state index contributed by atoms with van der Waals surface area (Å²) < 4.78 is 10.4. The number of carboxylic acid groups (broad SMARTS) is 1. The normalized spacial score (nSPS) is 17.7. The lowest BCUT2D eigenvalue weighted by Gasteiger charge is -2.34. The van der Waals surface area contributed by atoms with Crippen LogP contribution in [0.3, 0.4) is 0 Å². The van der Waals surface area contributed by atoms with Crippen LogP contribution >= 0.6 is 11.6 Å². The molecule has 1 unspecified atom stereocenters. The molecular formula is C16H15ClN2O5. The predicted molar refractivity (Wildman–Crippen MR) is 84.8 cm³/mol. The van der Waals surface area contributed by atoms with Crippen LogP contribution in [0.25, 0.3) is 11.3 Å². The highest BCUT2D eigenvalue weighted by Crippen LogP contribution is 2.24. The minimum Gasteiger partial charge on any atom is -0.481 e. The van der Waals surface area contributed by atoms with Gasteiger partial charge in [-0.25, -0.2) is 0 Å². The van der Waals surface area contributed by atoms with Gasteiger partial charge in [0.15, 0.2) is 0 Å². The second-order valence-corrected chi connectivity index (χ2v) is 5.85. The fourth-order valence-electron chi connectivity index (χ4n) is 2.59. The van der Waals surface area contributed by atoms with Crippen LogP contribution in [0, 0.1) is 0 Å². The maximum absolute atomic E-state index is 12.6. The van der Waals surface area contributed by atoms with E-state index >= 15 is 0 Å². The van der Waals surface area contributed by atoms with Gasteiger partial charge >= 0.3 is 5.97 Å². The number of aromatic nitrogens is 1. The van der Waals surface area contributed by atoms with Crippen LogP contribution in [0.15, 0.2) is 34.9 Å². The number of carboxylic acids is 1. The summed E-state index contributed by atoms with van der Waals surface area (Å²) in [6, 6.07) is 8.04. The molecule has 8 heteroatoms. The Labute approximate surface area is 142 Å². The molecule has 2 heterocycles. The first-order valence-electron chi connectivity index (χ1n) is 7.38. The van der Waals surface area contributed by atoms with Gasteiger partial charge in [-0.05, 0) is 12.1 Å². The van der Waals surface area contributed by atoms with E-state index in [2.05, 4.69) is 5.16 Å². The molecule has 1 aromatic heterocycles. The highest BCUT2D eigenvalue weighted by atomic mass is 35.5. The molecule has 24 heavy (non-hydrogen) atoms. The van der Waals surface area contributed by atoms with Gasteiger partial charge in [-0.15, -0.1) is 0 Å². The fourth-order valence-corrected chi connectivity index (χ4v) is 2.78. The van der Waals surface area contributed by atoms with Crippen molar-refractivity contribution in [2.75, 3.05) is 19.8 Å². The fraction of sp³-hybridized carbons (Fsp3) is 0.312. The van der Waals surface area contributed by atoms with Crippen LogP contribution in [0.1, 0.15) is 17.0 Å². The Bertz CT molecular complexity index is 760. The maximum Gasteiger partial charge on any atom is 0.305 e. The van der Waals surface area contributed by atoms with E-state index in [0.29, 0.717) is 23.9 Å². The zero-order chi connectivity index (χ0) is 17.1. The molecule has 7 nitrogen and oxygen atoms in total. The van der Waals surface area contributed by atoms with Crippen LogP contribution in [0.5, 0.6) is 0 Å². The van der Waals surface area contributed by atoms with Crippen molar-refractivity contribution in [1.29, 1.82) is 0 Å². The van der Waals surface area contributed by atoms with E-state index in [0.717, 1.165) is 5.56 Å². The van der Waals surface area contributed by atoms with Gasteiger partial charge in [-0.3, -0.25) is 9.59 Å². The largest absolute Gasteiger partial charge is 0.481 e. The number of morpholine rings is 1. The summed E-state index contributed by atoms with van der Waals surface area (Å²) in [5, 5.41) is 13.4. The lowest BCUT2D eigenvalue weighted by molar-refractivity contribution is -0.139. The molecule has 1 aliphatic rings. The molecule has 1 fully saturated rings. The van der Waals surface area contributed by atoms with E-state index in [1.54, 1.807) is 24.3 Å². The standard InChI is InChI=1S/C16H15ClN2O5/c17-11-3-1-2-10(6-11)13-8-14(24-18-13)16(22)19-4-5-23-9-12(19)7-15(20)21/h1-3,6,8,12H,4-5,7,9H2,(H,20,21). The SMILES string of the molecule is O=C(O)CC1COCCN1C(=O)c1cc(-c2cccc(Cl)c2)no1. The van der Waals surface area contributed by atoms with Gasteiger partial charge in [0.2, 0.25) is 5.76 Å². The maximum atomic E-state index is 12.6. The molecule has 1 aliphatic heterocycles. The summed E-state index contributed by atoms with van der Waals surface area (Å²) >= 11 is 5.95. The monoisotopic (exact) mass is 350 g/mol. The van der Waals surface area contributed by atoms with E-state index < -0.39 is 17.9 Å². The third-order valence-electron chi connectivity index (χ3n) is 3.74. The Morgan fingerprint density at radius 3 is 2.96 bits per heavy atom. The van der Waals surface area contributed by atoms with Gasteiger partial charge < -0.3 is 19.3 Å². The van der Waals surface area contributed by atoms with Gasteiger partial charge in [-0.1, -0.05) is 28.9 Å². The van der Waals surface area contributed by atoms with E-state index in [1.165, 1.54) is 11.0 Å². The quantitative estimate of drug-likeness (QED) is 0.909. The molecule has 0 aliphatic carbocycles. The number of aliphatic carboxylic acids is 1. The van der Waals surface area contributed by atoms with Gasteiger partial charge in [0.05, 0.1) is 25.7 Å². The van der Waals surface area contributed by atoms with Crippen molar-refractivity contribution < 1.29 is 24.0 Å². The second-order valence-electron chi connectivity index (χ2n) is 5.41. The topological polar surface area (TPSA) is 92.9 Å². The molecule has 126 valence electrons. The molecule has 1 N–H and O–H groups in total. The summed E-state index contributed by atoms with van der Waals surface area (Å²) in [6.45, 7) is 0.856. The average molecular weight is 351 g/mol. The second kappa shape index (κ2) is 7.02. The summed E-state index contributed by atoms with van der Waals surface area (Å²) in [5.74, 6) is -1.33. The highest BCUT2D eigenvalue weighted by Gasteiger charge is 2.31. The summed E-state index contributed by atoms with van der Waals surface area (Å²) in [7, 11) is 0. The summed E-state index contributed by atoms with van der Waals surface area (Å²) in [4.78, 5) is 25.0. The Hall–Kier alpha value is -2.38. The molecule has 2 aromatic rings. The van der Waals surface area contributed by atoms with Crippen molar-refractivity contribution in [3.63, 3.8) is 0 Å². The molecule has 0 saturated carbocycles. The summed E-state index contributed by atoms with van der Waals surface area (Å²) in [6.07, 6.45) is -0.180. The molecule has 0 radical (unpaired) electrons. The zero-order valence-electron chi connectivity index (χ0n) is 12.6. The lowest BCUT2D eigenvalue weighted by atomic mass is 10.1. The van der Waals surface area contributed by atoms with E-state index in [-0.39, 0.29) is 18.8 Å². The van der Waals surface area contributed by atoms with Gasteiger partial charge in [0, 0.05) is 23.2 Å². The van der Waals surface area contributed by atoms with Crippen molar-refractivity contribution in [3.8, 4) is 11.3 Å². The van der Waals surface area contributed by atoms with Gasteiger partial charge in [0.1, 0.15) is 5.69 Å². The number of benzene rings is 1. The molecule has 0 spiro atoms. The number of hydrogen-bond donors (Lipinski definition) is 1. The highest BCUT2D eigenvalue weighted by molar-refractivity contribution is 6.30. The summed E-state index contributed by atoms with van der Waals surface area (Å²) in [5.41, 5.74) is 1.22. The van der Waals surface area contributed by atoms with Crippen LogP contribution in [0.2, 0.25) is 5.02 Å². The molecule has 1 saturated heterocycles. The molecule has 3 rings (SSSR count). The number of ether oxygens (including phenoxy) is 1. The number of rotatable bonds is 4. The van der Waals surface area contributed by atoms with E-state index in [9.17, 15) is 9.59 Å². The first kappa shape index (κ1) is 16.5. The van der Waals surface area contributed by atoms with Crippen LogP contribution < -0.4 is 0 Å². The van der Waals surface area contributed by atoms with Crippen LogP contribution in [-0.2, 0) is 9.53 Å². The first-order chi connectivity index (χ1) is 11.5. The zero-order valence-corrected chi connectivity index (χ0v) is 13.4. The Morgan fingerprint density at radius 1 is 1.38 bits per heavy atom. The van der Waals surface area contributed by atoms with Crippen molar-refractivity contribution in [2.24, 2.45) is 0 Å².